The first-order chi connectivity index (χ1) is 42.7. The minimum atomic E-state index is -0.00478. The summed E-state index contributed by atoms with van der Waals surface area (Å²) < 4.78 is 23.2. The molecule has 518 valence electrons. The smallest absolute Gasteiger partial charge is 0.139 e. The number of hydrogen-bond acceptors (Lipinski definition) is 15. The average molecular weight is 1350 g/mol. The zero-order valence-corrected chi connectivity index (χ0v) is 68.7. The highest BCUT2D eigenvalue weighted by molar-refractivity contribution is 7.14. The van der Waals surface area contributed by atoms with Gasteiger partial charge in [-0.05, 0) is 177 Å². The number of thiophene rings is 1. The second kappa shape index (κ2) is 26.8. The van der Waals surface area contributed by atoms with Crippen LogP contribution in [0.2, 0.25) is 0 Å². The summed E-state index contributed by atoms with van der Waals surface area (Å²) in [6.45, 7) is 85.8. The van der Waals surface area contributed by atoms with Gasteiger partial charge in [-0.3, -0.25) is 4.98 Å². The van der Waals surface area contributed by atoms with Crippen LogP contribution in [0.1, 0.15) is 313 Å². The van der Waals surface area contributed by atoms with Crippen LogP contribution < -0.4 is 0 Å². The fraction of sp³-hybridized carbons (Fsp3) is 0.613. The van der Waals surface area contributed by atoms with Gasteiger partial charge in [0.2, 0.25) is 0 Å². The van der Waals surface area contributed by atoms with Crippen LogP contribution in [-0.2, 0) is 54.1 Å². The molecule has 0 unspecified atom stereocenters. The van der Waals surface area contributed by atoms with Gasteiger partial charge in [-0.1, -0.05) is 220 Å². The van der Waals surface area contributed by atoms with E-state index < -0.39 is 0 Å². The fourth-order valence-electron chi connectivity index (χ4n) is 13.2. The number of rotatable bonds is 0. The summed E-state index contributed by atoms with van der Waals surface area (Å²) in [5.41, 5.74) is 31.6. The van der Waals surface area contributed by atoms with Crippen LogP contribution in [0.4, 0.5) is 0 Å². The van der Waals surface area contributed by atoms with Gasteiger partial charge < -0.3 is 0 Å². The van der Waals surface area contributed by atoms with Crippen molar-refractivity contribution >= 4 is 90.0 Å². The molecule has 0 spiro atoms. The highest BCUT2D eigenvalue weighted by Gasteiger charge is 2.35. The predicted octanol–water partition coefficient (Wildman–Crippen LogP) is 23.1. The van der Waals surface area contributed by atoms with Crippen LogP contribution in [0, 0.1) is 62.3 Å². The van der Waals surface area contributed by atoms with E-state index in [9.17, 15) is 0 Å². The van der Waals surface area contributed by atoms with Crippen molar-refractivity contribution in [1.29, 1.82) is 0 Å². The Morgan fingerprint density at radius 1 is 0.253 bits per heavy atom. The molecule has 10 rings (SSSR count). The van der Waals surface area contributed by atoms with Crippen molar-refractivity contribution in [3.8, 4) is 0 Å². The van der Waals surface area contributed by atoms with E-state index in [4.69, 9.17) is 29.5 Å². The molecule has 3 aromatic carbocycles. The summed E-state index contributed by atoms with van der Waals surface area (Å²) in [6, 6.07) is 4.46. The van der Waals surface area contributed by atoms with E-state index in [1.807, 2.05) is 39.0 Å². The lowest BCUT2D eigenvalue weighted by molar-refractivity contribution is 0.314. The van der Waals surface area contributed by atoms with E-state index in [1.54, 1.807) is 0 Å². The molecule has 0 aliphatic heterocycles. The van der Waals surface area contributed by atoms with Gasteiger partial charge in [0.25, 0.3) is 0 Å². The third-order valence-electron chi connectivity index (χ3n) is 17.8. The SMILES string of the molecule is Cc1c(C)c(C(C)(C)C)c2nonc2c1C(C)(C)C.Cc1c(C)c(C(C)(C)C)c2nsnc2c1C(C)(C)C.Cc1nc(C(C)(C)C)c2nsnc2c1C(C)(C)C.Cc1nc2c(C(C)(C)C)ccc(C(C)(C)C)c2nc1C.Cc1nc2c(C(C)(C)C)sc(C(C)(C)C)c2nc1C. The summed E-state index contributed by atoms with van der Waals surface area (Å²) in [7, 11) is 0. The van der Waals surface area contributed by atoms with E-state index in [0.717, 1.165) is 89.3 Å². The predicted molar refractivity (Wildman–Crippen MR) is 411 cm³/mol. The van der Waals surface area contributed by atoms with Gasteiger partial charge in [-0.25, -0.2) is 24.6 Å². The number of fused-ring (bicyclic) bond motifs is 5. The quantitative estimate of drug-likeness (QED) is 0.142. The van der Waals surface area contributed by atoms with E-state index in [0.29, 0.717) is 0 Å². The van der Waals surface area contributed by atoms with Crippen LogP contribution >= 0.6 is 34.8 Å². The summed E-state index contributed by atoms with van der Waals surface area (Å²) >= 11 is 4.49. The van der Waals surface area contributed by atoms with Crippen LogP contribution in [-0.4, -0.2) is 52.7 Å². The van der Waals surface area contributed by atoms with Crippen LogP contribution in [0.5, 0.6) is 0 Å². The molecule has 0 radical (unpaired) electrons. The average Bonchev–Trinajstić information content (AvgIpc) is 1.69. The zero-order chi connectivity index (χ0) is 72.8. The molecule has 0 N–H and O–H groups in total. The van der Waals surface area contributed by atoms with E-state index in [1.165, 1.54) is 94.4 Å². The Labute approximate surface area is 585 Å². The molecule has 12 nitrogen and oxygen atoms in total. The molecule has 7 heterocycles. The standard InChI is InChI=1S/C18H26N2.C16H24N2O.2C16H24N2S.C14H21N3S/c1-11-12(2)20-16-14(18(6,7)8)10-9-13(15(16)19-11)17(3,4)5;1-9-10(2)12(16(6,7)8)14-13(17-19-18-14)11(9)15(3,4)5;1-9-10(2)18-12-11(17-9)13(15(3,4)5)19-14(12)16(6,7)8;1-9-10(2)12(16(6,7)8)14-13(17-19-18-14)11(9)15(3,4)5;1-8-9(13(2,3)4)10-11(17-18-16-10)12(15-8)14(5,6)7/h9-10H,1-8H3;3*1-8H3;1-7H3. The number of pyridine rings is 1. The van der Waals surface area contributed by atoms with Gasteiger partial charge in [0.05, 0.1) is 63.0 Å². The summed E-state index contributed by atoms with van der Waals surface area (Å²) in [4.78, 5) is 26.9. The molecule has 0 amide bonds. The molecule has 95 heavy (non-hydrogen) atoms. The largest absolute Gasteiger partial charge is 0.255 e. The molecule has 0 saturated heterocycles. The molecule has 0 saturated carbocycles. The molecule has 7 aromatic heterocycles. The van der Waals surface area contributed by atoms with Gasteiger partial charge in [-0.15, -0.1) is 11.3 Å². The van der Waals surface area contributed by atoms with Crippen molar-refractivity contribution in [2.75, 3.05) is 0 Å². The number of aryl methyl sites for hydroxylation is 5. The van der Waals surface area contributed by atoms with Crippen molar-refractivity contribution < 1.29 is 4.63 Å². The Morgan fingerprint density at radius 3 is 0.779 bits per heavy atom. The zero-order valence-electron chi connectivity index (χ0n) is 66.2. The van der Waals surface area contributed by atoms with Crippen molar-refractivity contribution in [2.24, 2.45) is 0 Å². The lowest BCUT2D eigenvalue weighted by Crippen LogP contribution is -2.20. The van der Waals surface area contributed by atoms with Crippen molar-refractivity contribution in [1.82, 2.24) is 52.7 Å². The number of aromatic nitrogens is 11. The fourth-order valence-corrected chi connectivity index (χ4v) is 15.6. The number of nitrogens with zero attached hydrogens (tertiary/aromatic N) is 11. The minimum absolute atomic E-state index is 0.00478. The molecular weight excluding hydrogens is 1230 g/mol. The third kappa shape index (κ3) is 16.9. The van der Waals surface area contributed by atoms with Crippen molar-refractivity contribution in [2.45, 2.75) is 324 Å². The van der Waals surface area contributed by atoms with Gasteiger partial charge in [-0.2, -0.15) is 17.5 Å². The van der Waals surface area contributed by atoms with E-state index in [2.05, 4.69) is 282 Å². The van der Waals surface area contributed by atoms with E-state index in [-0.39, 0.29) is 54.1 Å². The monoisotopic (exact) mass is 1350 g/mol. The lowest BCUT2D eigenvalue weighted by atomic mass is 9.75. The molecule has 0 aliphatic rings. The first kappa shape index (κ1) is 78.2. The maximum absolute atomic E-state index is 5.05. The molecule has 0 bridgehead atoms. The summed E-state index contributed by atoms with van der Waals surface area (Å²) in [6.07, 6.45) is 0. The second-order valence-electron chi connectivity index (χ2n) is 36.9. The Bertz CT molecular complexity index is 4110. The van der Waals surface area contributed by atoms with Crippen LogP contribution in [0.3, 0.4) is 0 Å². The Hall–Kier alpha value is -5.77. The molecular formula is C80H119N11OS3. The molecule has 0 atom stereocenters. The molecule has 0 aliphatic carbocycles. The Morgan fingerprint density at radius 2 is 0.516 bits per heavy atom. The summed E-state index contributed by atoms with van der Waals surface area (Å²) in [5.74, 6) is 0. The van der Waals surface area contributed by atoms with Gasteiger partial charge in [0.1, 0.15) is 44.1 Å². The van der Waals surface area contributed by atoms with Gasteiger partial charge >= 0.3 is 0 Å². The highest BCUT2D eigenvalue weighted by Crippen LogP contribution is 2.45. The molecule has 10 aromatic rings. The Kier molecular flexibility index (Phi) is 22.1. The normalized spacial score (nSPS) is 13.2. The molecule has 15 heteroatoms. The number of hydrogen-bond donors (Lipinski definition) is 0. The van der Waals surface area contributed by atoms with Crippen molar-refractivity contribution in [3.05, 3.63) is 117 Å². The highest BCUT2D eigenvalue weighted by atomic mass is 32.1. The van der Waals surface area contributed by atoms with E-state index >= 15 is 0 Å². The third-order valence-corrected chi connectivity index (χ3v) is 20.8. The lowest BCUT2D eigenvalue weighted by Gasteiger charge is -2.29. The first-order valence-electron chi connectivity index (χ1n) is 34.0. The first-order valence-corrected chi connectivity index (χ1v) is 36.3. The maximum Gasteiger partial charge on any atom is 0.139 e. The van der Waals surface area contributed by atoms with Crippen LogP contribution in [0.25, 0.3) is 55.2 Å². The number of benzene rings is 3. The van der Waals surface area contributed by atoms with Gasteiger partial charge in [0.15, 0.2) is 0 Å². The maximum atomic E-state index is 5.05. The Balaban J connectivity index is 0.000000188. The van der Waals surface area contributed by atoms with Crippen LogP contribution in [0.15, 0.2) is 16.8 Å². The summed E-state index contributed by atoms with van der Waals surface area (Å²) in [5, 5.41) is 8.35. The van der Waals surface area contributed by atoms with Gasteiger partial charge in [0, 0.05) is 26.4 Å². The second-order valence-corrected chi connectivity index (χ2v) is 39.0. The molecule has 0 fully saturated rings. The van der Waals surface area contributed by atoms with Crippen molar-refractivity contribution in [3.63, 3.8) is 0 Å². The minimum Gasteiger partial charge on any atom is -0.255 e. The topological polar surface area (TPSA) is 155 Å².